The maximum Gasteiger partial charge on any atom is 0.340 e. The molecule has 8 heteroatoms. The van der Waals surface area contributed by atoms with Crippen molar-refractivity contribution in [1.29, 1.82) is 0 Å². The average molecular weight is 411 g/mol. The van der Waals surface area contributed by atoms with Crippen molar-refractivity contribution in [3.8, 4) is 17.2 Å². The van der Waals surface area contributed by atoms with Crippen LogP contribution in [0.5, 0.6) is 17.2 Å². The second-order valence-corrected chi connectivity index (χ2v) is 6.90. The average Bonchev–Trinajstić information content (AvgIpc) is 2.75. The Balaban J connectivity index is 1.68. The first-order chi connectivity index (χ1) is 14.5. The van der Waals surface area contributed by atoms with Crippen molar-refractivity contribution in [2.24, 2.45) is 0 Å². The van der Waals surface area contributed by atoms with Crippen LogP contribution in [0.2, 0.25) is 0 Å². The number of anilines is 1. The largest absolute Gasteiger partial charge is 0.507 e. The summed E-state index contributed by atoms with van der Waals surface area (Å²) in [5.41, 5.74) is 1.70. The van der Waals surface area contributed by atoms with E-state index in [1.165, 1.54) is 13.2 Å². The first-order valence-corrected chi connectivity index (χ1v) is 9.45. The SMILES string of the molecule is COC(=O)Cc1c(C)c2ccc(O)c(CNc3ccc4c(c3)OCCO4)c2oc1=O. The third-order valence-electron chi connectivity index (χ3n) is 5.09. The number of carbonyl (C=O) groups is 1. The number of rotatable bonds is 5. The van der Waals surface area contributed by atoms with Crippen LogP contribution in [0.3, 0.4) is 0 Å². The number of phenolic OH excluding ortho intramolecular Hbond substituents is 1. The second kappa shape index (κ2) is 7.98. The van der Waals surface area contributed by atoms with Gasteiger partial charge < -0.3 is 29.1 Å². The van der Waals surface area contributed by atoms with Gasteiger partial charge in [-0.2, -0.15) is 0 Å². The van der Waals surface area contributed by atoms with Gasteiger partial charge in [-0.05, 0) is 36.8 Å². The normalized spacial score (nSPS) is 12.6. The summed E-state index contributed by atoms with van der Waals surface area (Å²) < 4.78 is 21.3. The van der Waals surface area contributed by atoms with Crippen LogP contribution in [0.15, 0.2) is 39.5 Å². The fourth-order valence-electron chi connectivity index (χ4n) is 3.44. The van der Waals surface area contributed by atoms with E-state index in [4.69, 9.17) is 13.9 Å². The molecule has 0 unspecified atom stereocenters. The van der Waals surface area contributed by atoms with E-state index in [9.17, 15) is 14.7 Å². The first-order valence-electron chi connectivity index (χ1n) is 9.45. The molecule has 0 amide bonds. The van der Waals surface area contributed by atoms with Gasteiger partial charge in [0.2, 0.25) is 0 Å². The molecule has 0 spiro atoms. The quantitative estimate of drug-likeness (QED) is 0.488. The molecule has 0 saturated carbocycles. The van der Waals surface area contributed by atoms with Crippen LogP contribution < -0.4 is 20.4 Å². The highest BCUT2D eigenvalue weighted by Crippen LogP contribution is 2.34. The summed E-state index contributed by atoms with van der Waals surface area (Å²) in [6.45, 7) is 2.95. The van der Waals surface area contributed by atoms with E-state index in [-0.39, 0.29) is 29.9 Å². The Morgan fingerprint density at radius 1 is 1.13 bits per heavy atom. The van der Waals surface area contributed by atoms with Gasteiger partial charge in [0.1, 0.15) is 24.5 Å². The number of phenols is 1. The van der Waals surface area contributed by atoms with Crippen LogP contribution in [-0.2, 0) is 22.5 Å². The van der Waals surface area contributed by atoms with Crippen LogP contribution in [0.1, 0.15) is 16.7 Å². The van der Waals surface area contributed by atoms with E-state index < -0.39 is 11.6 Å². The Labute approximate surface area is 172 Å². The molecule has 2 heterocycles. The van der Waals surface area contributed by atoms with Crippen LogP contribution in [-0.4, -0.2) is 31.4 Å². The van der Waals surface area contributed by atoms with E-state index in [1.807, 2.05) is 18.2 Å². The fraction of sp³-hybridized carbons (Fsp3) is 0.273. The lowest BCUT2D eigenvalue weighted by atomic mass is 10.0. The molecule has 2 N–H and O–H groups in total. The first kappa shape index (κ1) is 19.6. The van der Waals surface area contributed by atoms with E-state index in [2.05, 4.69) is 10.1 Å². The van der Waals surface area contributed by atoms with Crippen molar-refractivity contribution >= 4 is 22.6 Å². The molecule has 2 aromatic carbocycles. The summed E-state index contributed by atoms with van der Waals surface area (Å²) >= 11 is 0. The summed E-state index contributed by atoms with van der Waals surface area (Å²) in [6, 6.07) is 8.66. The molecule has 0 radical (unpaired) electrons. The fourth-order valence-corrected chi connectivity index (χ4v) is 3.44. The van der Waals surface area contributed by atoms with Crippen LogP contribution in [0.4, 0.5) is 5.69 Å². The molecule has 1 aromatic heterocycles. The van der Waals surface area contributed by atoms with Crippen molar-refractivity contribution in [3.63, 3.8) is 0 Å². The van der Waals surface area contributed by atoms with E-state index in [1.54, 1.807) is 13.0 Å². The molecule has 1 aliphatic rings. The molecule has 0 bridgehead atoms. The van der Waals surface area contributed by atoms with E-state index in [0.29, 0.717) is 41.2 Å². The number of methoxy groups -OCH3 is 1. The number of esters is 1. The molecule has 4 rings (SSSR count). The molecule has 0 saturated heterocycles. The Bertz CT molecular complexity index is 1180. The summed E-state index contributed by atoms with van der Waals surface area (Å²) in [5, 5.41) is 14.2. The zero-order chi connectivity index (χ0) is 21.3. The lowest BCUT2D eigenvalue weighted by molar-refractivity contribution is -0.139. The van der Waals surface area contributed by atoms with Gasteiger partial charge in [0.15, 0.2) is 11.5 Å². The second-order valence-electron chi connectivity index (χ2n) is 6.90. The smallest absolute Gasteiger partial charge is 0.340 e. The van der Waals surface area contributed by atoms with Gasteiger partial charge in [-0.3, -0.25) is 4.79 Å². The highest BCUT2D eigenvalue weighted by molar-refractivity contribution is 5.87. The van der Waals surface area contributed by atoms with E-state index >= 15 is 0 Å². The van der Waals surface area contributed by atoms with Crippen molar-refractivity contribution in [2.75, 3.05) is 25.6 Å². The number of hydrogen-bond donors (Lipinski definition) is 2. The predicted octanol–water partition coefficient (Wildman–Crippen LogP) is 2.91. The Hall–Kier alpha value is -3.68. The predicted molar refractivity (Wildman–Crippen MR) is 109 cm³/mol. The molecule has 156 valence electrons. The Morgan fingerprint density at radius 2 is 1.90 bits per heavy atom. The number of carbonyl (C=O) groups excluding carboxylic acids is 1. The van der Waals surface area contributed by atoms with Gasteiger partial charge in [0.05, 0.1) is 24.7 Å². The van der Waals surface area contributed by atoms with Gasteiger partial charge in [0, 0.05) is 23.7 Å². The minimum absolute atomic E-state index is 0.00388. The third-order valence-corrected chi connectivity index (χ3v) is 5.09. The third kappa shape index (κ3) is 3.63. The molecular formula is C22H21NO7. The number of ether oxygens (including phenoxy) is 3. The molecule has 1 aliphatic heterocycles. The van der Waals surface area contributed by atoms with Gasteiger partial charge in [0.25, 0.3) is 0 Å². The van der Waals surface area contributed by atoms with Gasteiger partial charge >= 0.3 is 11.6 Å². The molecule has 3 aromatic rings. The number of aryl methyl sites for hydroxylation is 1. The van der Waals surface area contributed by atoms with Crippen molar-refractivity contribution in [1.82, 2.24) is 0 Å². The molecule has 30 heavy (non-hydrogen) atoms. The summed E-state index contributed by atoms with van der Waals surface area (Å²) in [6.07, 6.45) is -0.174. The minimum atomic E-state index is -0.628. The number of benzene rings is 2. The minimum Gasteiger partial charge on any atom is -0.507 e. The maximum absolute atomic E-state index is 12.5. The summed E-state index contributed by atoms with van der Waals surface area (Å²) in [7, 11) is 1.26. The van der Waals surface area contributed by atoms with Crippen LogP contribution >= 0.6 is 0 Å². The van der Waals surface area contributed by atoms with Crippen molar-refractivity contribution in [2.45, 2.75) is 19.9 Å². The number of fused-ring (bicyclic) bond motifs is 2. The van der Waals surface area contributed by atoms with E-state index in [0.717, 1.165) is 5.69 Å². The number of nitrogens with one attached hydrogen (secondary N) is 1. The van der Waals surface area contributed by atoms with Gasteiger partial charge in [-0.1, -0.05) is 0 Å². The van der Waals surface area contributed by atoms with Crippen molar-refractivity contribution < 1.29 is 28.5 Å². The summed E-state index contributed by atoms with van der Waals surface area (Å²) in [4.78, 5) is 24.1. The topological polar surface area (TPSA) is 107 Å². The molecule has 0 aliphatic carbocycles. The molecule has 8 nitrogen and oxygen atoms in total. The highest BCUT2D eigenvalue weighted by atomic mass is 16.6. The lowest BCUT2D eigenvalue weighted by Gasteiger charge is -2.19. The summed E-state index contributed by atoms with van der Waals surface area (Å²) in [5.74, 6) is 0.794. The van der Waals surface area contributed by atoms with Crippen LogP contribution in [0, 0.1) is 6.92 Å². The Morgan fingerprint density at radius 3 is 2.67 bits per heavy atom. The van der Waals surface area contributed by atoms with Gasteiger partial charge in [-0.15, -0.1) is 0 Å². The molecular weight excluding hydrogens is 390 g/mol. The van der Waals surface area contributed by atoms with Crippen LogP contribution in [0.25, 0.3) is 11.0 Å². The standard InChI is InChI=1S/C22H21NO7/c1-12-14-4-5-17(24)16(21(14)30-22(26)15(12)10-20(25)27-2)11-23-13-3-6-18-19(9-13)29-8-7-28-18/h3-6,9,23-24H,7-8,10-11H2,1-2H3. The highest BCUT2D eigenvalue weighted by Gasteiger charge is 2.19. The molecule has 0 fully saturated rings. The number of aromatic hydroxyl groups is 1. The zero-order valence-electron chi connectivity index (χ0n) is 16.6. The zero-order valence-corrected chi connectivity index (χ0v) is 16.6. The van der Waals surface area contributed by atoms with Crippen molar-refractivity contribution in [3.05, 3.63) is 57.4 Å². The Kier molecular flexibility index (Phi) is 5.22. The monoisotopic (exact) mass is 411 g/mol. The van der Waals surface area contributed by atoms with Gasteiger partial charge in [-0.25, -0.2) is 4.79 Å². The lowest BCUT2D eigenvalue weighted by Crippen LogP contribution is -2.17. The maximum atomic E-state index is 12.5. The number of hydrogen-bond acceptors (Lipinski definition) is 8. The molecule has 0 atom stereocenters.